The number of hydrogen-bond acceptors (Lipinski definition) is 3. The van der Waals surface area contributed by atoms with E-state index in [0.29, 0.717) is 11.5 Å². The number of anilines is 1. The maximum atomic E-state index is 13.3. The molecule has 0 atom stereocenters. The second-order valence-electron chi connectivity index (χ2n) is 6.25. The lowest BCUT2D eigenvalue weighted by Gasteiger charge is -2.10. The van der Waals surface area contributed by atoms with Gasteiger partial charge in [-0.15, -0.1) is 0 Å². The van der Waals surface area contributed by atoms with Crippen molar-refractivity contribution in [3.8, 4) is 16.9 Å². The van der Waals surface area contributed by atoms with E-state index in [1.807, 2.05) is 50.2 Å². The molecule has 2 N–H and O–H groups in total. The molecule has 0 bridgehead atoms. The highest BCUT2D eigenvalue weighted by Gasteiger charge is 2.14. The number of carbonyl (C=O) groups is 1. The van der Waals surface area contributed by atoms with Gasteiger partial charge in [0.15, 0.2) is 0 Å². The van der Waals surface area contributed by atoms with Crippen LogP contribution in [0.2, 0.25) is 0 Å². The smallest absolute Gasteiger partial charge is 0.239 e. The van der Waals surface area contributed by atoms with E-state index in [1.54, 1.807) is 16.8 Å². The van der Waals surface area contributed by atoms with Gasteiger partial charge in [0.05, 0.1) is 17.9 Å². The Morgan fingerprint density at radius 2 is 1.81 bits per heavy atom. The summed E-state index contributed by atoms with van der Waals surface area (Å²) in [7, 11) is 0. The lowest BCUT2D eigenvalue weighted by molar-refractivity contribution is -0.115. The van der Waals surface area contributed by atoms with Crippen molar-refractivity contribution >= 4 is 11.7 Å². The molecule has 1 aromatic heterocycles. The summed E-state index contributed by atoms with van der Waals surface area (Å²) in [6.07, 6.45) is 0. The van der Waals surface area contributed by atoms with Crippen LogP contribution in [0.25, 0.3) is 16.9 Å². The summed E-state index contributed by atoms with van der Waals surface area (Å²) in [6.45, 7) is 4.15. The van der Waals surface area contributed by atoms with Crippen LogP contribution >= 0.6 is 0 Å². The minimum Gasteiger partial charge on any atom is -0.309 e. The first-order valence-electron chi connectivity index (χ1n) is 8.47. The van der Waals surface area contributed by atoms with Crippen molar-refractivity contribution in [2.45, 2.75) is 19.9 Å². The van der Waals surface area contributed by atoms with Crippen molar-refractivity contribution in [1.82, 2.24) is 15.1 Å². The van der Waals surface area contributed by atoms with Gasteiger partial charge >= 0.3 is 0 Å². The third kappa shape index (κ3) is 4.34. The molecule has 0 radical (unpaired) electrons. The second kappa shape index (κ2) is 7.93. The Balaban J connectivity index is 1.94. The molecule has 0 aliphatic rings. The van der Waals surface area contributed by atoms with Crippen LogP contribution in [0.1, 0.15) is 13.8 Å². The highest BCUT2D eigenvalue weighted by Crippen LogP contribution is 2.24. The fourth-order valence-electron chi connectivity index (χ4n) is 2.48. The van der Waals surface area contributed by atoms with Gasteiger partial charge in [-0.2, -0.15) is 5.10 Å². The first-order valence-corrected chi connectivity index (χ1v) is 8.47. The Labute approximate surface area is 151 Å². The summed E-state index contributed by atoms with van der Waals surface area (Å²) in [4.78, 5) is 12.2. The molecule has 0 saturated heterocycles. The van der Waals surface area contributed by atoms with Crippen LogP contribution in [0.15, 0.2) is 60.7 Å². The number of benzene rings is 2. The van der Waals surface area contributed by atoms with Crippen LogP contribution < -0.4 is 10.6 Å². The largest absolute Gasteiger partial charge is 0.309 e. The van der Waals surface area contributed by atoms with Gasteiger partial charge in [0.25, 0.3) is 0 Å². The molecule has 0 aliphatic heterocycles. The average molecular weight is 352 g/mol. The first-order chi connectivity index (χ1) is 12.5. The standard InChI is InChI=1S/C20H21FN4O/c1-14(2)22-13-20(26)23-19-12-18(15-6-4-3-5-7-15)24-25(19)17-10-8-16(21)9-11-17/h3-12,14,22H,13H2,1-2H3,(H,23,26). The maximum Gasteiger partial charge on any atom is 0.239 e. The summed E-state index contributed by atoms with van der Waals surface area (Å²) in [5, 5.41) is 10.5. The number of aromatic nitrogens is 2. The molecule has 5 nitrogen and oxygen atoms in total. The van der Waals surface area contributed by atoms with Crippen LogP contribution in [-0.2, 0) is 4.79 Å². The van der Waals surface area contributed by atoms with Gasteiger partial charge in [-0.3, -0.25) is 4.79 Å². The van der Waals surface area contributed by atoms with Gasteiger partial charge < -0.3 is 10.6 Å². The number of halogens is 1. The zero-order chi connectivity index (χ0) is 18.5. The molecule has 0 fully saturated rings. The van der Waals surface area contributed by atoms with Gasteiger partial charge in [-0.25, -0.2) is 9.07 Å². The van der Waals surface area contributed by atoms with Crippen LogP contribution in [0.5, 0.6) is 0 Å². The lowest BCUT2D eigenvalue weighted by Crippen LogP contribution is -2.33. The zero-order valence-corrected chi connectivity index (χ0v) is 14.7. The molecule has 3 aromatic rings. The van der Waals surface area contributed by atoms with Crippen molar-refractivity contribution in [2.75, 3.05) is 11.9 Å². The molecular formula is C20H21FN4O. The number of carbonyl (C=O) groups excluding carboxylic acids is 1. The zero-order valence-electron chi connectivity index (χ0n) is 14.7. The predicted molar refractivity (Wildman–Crippen MR) is 101 cm³/mol. The second-order valence-corrected chi connectivity index (χ2v) is 6.25. The summed E-state index contributed by atoms with van der Waals surface area (Å²) >= 11 is 0. The molecule has 26 heavy (non-hydrogen) atoms. The van der Waals surface area contributed by atoms with Crippen molar-refractivity contribution in [3.05, 3.63) is 66.5 Å². The molecular weight excluding hydrogens is 331 g/mol. The maximum absolute atomic E-state index is 13.3. The van der Waals surface area contributed by atoms with Crippen molar-refractivity contribution in [1.29, 1.82) is 0 Å². The van der Waals surface area contributed by atoms with E-state index >= 15 is 0 Å². The molecule has 1 heterocycles. The van der Waals surface area contributed by atoms with Crippen molar-refractivity contribution < 1.29 is 9.18 Å². The molecule has 3 rings (SSSR count). The Hall–Kier alpha value is -2.99. The molecule has 6 heteroatoms. The first kappa shape index (κ1) is 17.8. The van der Waals surface area contributed by atoms with Crippen LogP contribution in [-0.4, -0.2) is 28.3 Å². The number of amides is 1. The monoisotopic (exact) mass is 352 g/mol. The number of nitrogens with one attached hydrogen (secondary N) is 2. The summed E-state index contributed by atoms with van der Waals surface area (Å²) in [5.74, 6) is 0.0449. The Morgan fingerprint density at radius 3 is 2.46 bits per heavy atom. The van der Waals surface area contributed by atoms with Gasteiger partial charge in [0, 0.05) is 17.7 Å². The van der Waals surface area contributed by atoms with E-state index in [9.17, 15) is 9.18 Å². The molecule has 134 valence electrons. The molecule has 2 aromatic carbocycles. The van der Waals surface area contributed by atoms with E-state index in [0.717, 1.165) is 11.3 Å². The van der Waals surface area contributed by atoms with E-state index in [-0.39, 0.29) is 24.3 Å². The van der Waals surface area contributed by atoms with Gasteiger partial charge in [-0.05, 0) is 24.3 Å². The van der Waals surface area contributed by atoms with Crippen LogP contribution in [0, 0.1) is 5.82 Å². The van der Waals surface area contributed by atoms with Gasteiger partial charge in [0.1, 0.15) is 11.6 Å². The fraction of sp³-hybridized carbons (Fsp3) is 0.200. The molecule has 0 aliphatic carbocycles. The quantitative estimate of drug-likeness (QED) is 0.712. The lowest BCUT2D eigenvalue weighted by atomic mass is 10.2. The third-order valence-electron chi connectivity index (χ3n) is 3.79. The molecule has 0 unspecified atom stereocenters. The van der Waals surface area contributed by atoms with E-state index in [4.69, 9.17) is 0 Å². The average Bonchev–Trinajstić information content (AvgIpc) is 3.05. The molecule has 0 saturated carbocycles. The van der Waals surface area contributed by atoms with E-state index in [2.05, 4.69) is 15.7 Å². The van der Waals surface area contributed by atoms with Crippen molar-refractivity contribution in [3.63, 3.8) is 0 Å². The van der Waals surface area contributed by atoms with E-state index in [1.165, 1.54) is 12.1 Å². The Morgan fingerprint density at radius 1 is 1.12 bits per heavy atom. The van der Waals surface area contributed by atoms with Gasteiger partial charge in [0.2, 0.25) is 5.91 Å². The van der Waals surface area contributed by atoms with E-state index < -0.39 is 0 Å². The Bertz CT molecular complexity index is 873. The normalized spacial score (nSPS) is 10.9. The van der Waals surface area contributed by atoms with Crippen LogP contribution in [0.4, 0.5) is 10.2 Å². The Kier molecular flexibility index (Phi) is 5.43. The fourth-order valence-corrected chi connectivity index (χ4v) is 2.48. The minimum absolute atomic E-state index is 0.165. The number of nitrogens with zero attached hydrogens (tertiary/aromatic N) is 2. The molecule has 0 spiro atoms. The SMILES string of the molecule is CC(C)NCC(=O)Nc1cc(-c2ccccc2)nn1-c1ccc(F)cc1. The molecule has 1 amide bonds. The third-order valence-corrected chi connectivity index (χ3v) is 3.79. The summed E-state index contributed by atoms with van der Waals surface area (Å²) < 4.78 is 14.9. The number of hydrogen-bond donors (Lipinski definition) is 2. The topological polar surface area (TPSA) is 59.0 Å². The minimum atomic E-state index is -0.323. The highest BCUT2D eigenvalue weighted by molar-refractivity contribution is 5.92. The summed E-state index contributed by atoms with van der Waals surface area (Å²) in [5.41, 5.74) is 2.33. The van der Waals surface area contributed by atoms with Crippen LogP contribution in [0.3, 0.4) is 0 Å². The number of rotatable bonds is 6. The van der Waals surface area contributed by atoms with Crippen molar-refractivity contribution in [2.24, 2.45) is 0 Å². The predicted octanol–water partition coefficient (Wildman–Crippen LogP) is 3.61. The highest BCUT2D eigenvalue weighted by atomic mass is 19.1. The summed E-state index contributed by atoms with van der Waals surface area (Å²) in [6, 6.07) is 17.7. The van der Waals surface area contributed by atoms with Gasteiger partial charge in [-0.1, -0.05) is 44.2 Å².